The minimum absolute atomic E-state index is 0. The topological polar surface area (TPSA) is 172 Å². The zero-order chi connectivity index (χ0) is 32.7. The number of aliphatic hydroxyl groups is 1. The highest BCUT2D eigenvalue weighted by Gasteiger charge is 2.38. The van der Waals surface area contributed by atoms with Crippen molar-refractivity contribution in [3.05, 3.63) is 53.3 Å². The summed E-state index contributed by atoms with van der Waals surface area (Å²) in [5.74, 6) is -4.58. The minimum atomic E-state index is -4.66. The number of sulfone groups is 2. The number of alkyl halides is 6. The first-order valence-corrected chi connectivity index (χ1v) is 14.3. The average Bonchev–Trinajstić information content (AvgIpc) is 2.77. The van der Waals surface area contributed by atoms with Gasteiger partial charge in [-0.2, -0.15) is 39.8 Å². The number of aliphatic hydroxyl groups excluding tert-OH is 1. The van der Waals surface area contributed by atoms with Gasteiger partial charge in [0, 0.05) is 12.5 Å². The summed E-state index contributed by atoms with van der Waals surface area (Å²) in [4.78, 5) is 20.9. The van der Waals surface area contributed by atoms with Crippen LogP contribution >= 0.6 is 13.5 Å². The summed E-state index contributed by atoms with van der Waals surface area (Å²) in [7, 11) is -7.18. The Morgan fingerprint density at radius 2 is 1.12 bits per heavy atom. The summed E-state index contributed by atoms with van der Waals surface area (Å²) in [6.45, 7) is 1.40. The predicted octanol–water partition coefficient (Wildman–Crippen LogP) is 4.09. The number of ether oxygens (including phenoxy) is 1. The third-order valence-corrected chi connectivity index (χ3v) is 6.66. The first kappa shape index (κ1) is 41.0. The molecule has 240 valence electrons. The number of benzene rings is 2. The molecule has 0 amide bonds. The van der Waals surface area contributed by atoms with Gasteiger partial charge >= 0.3 is 24.3 Å². The molecule has 0 saturated carbocycles. The number of carboxylic acid groups (broad SMARTS) is 2. The standard InChI is InChI=1S/C11H11F3O5S.C8H7FO4S.C3H5F3O.H2S/c1-6(11(12,13)14)19-9-4-3-7(20(2,17)18)5-8(9)10(15)16;1-14(12,13)5-2-3-7(9)6(4-5)8(10)11;1-2(7)3(4,5)6;/h3-6H,1-2H3,(H,15,16);2-4H,1H3,(H,10,11);2,7H,1H3;1H2/t6-;;;/m0.../s1. The van der Waals surface area contributed by atoms with E-state index in [2.05, 4.69) is 4.74 Å². The average molecular weight is 679 g/mol. The smallest absolute Gasteiger partial charge is 0.425 e. The van der Waals surface area contributed by atoms with E-state index < -0.39 is 78.9 Å². The number of rotatable bonds is 6. The van der Waals surface area contributed by atoms with Crippen molar-refractivity contribution < 1.29 is 77.2 Å². The Morgan fingerprint density at radius 1 is 0.762 bits per heavy atom. The number of hydrogen-bond donors (Lipinski definition) is 3. The Balaban J connectivity index is 0. The quantitative estimate of drug-likeness (QED) is 0.299. The molecule has 2 aromatic carbocycles. The molecule has 0 aliphatic heterocycles. The molecule has 20 heteroatoms. The molecule has 10 nitrogen and oxygen atoms in total. The number of halogens is 7. The van der Waals surface area contributed by atoms with Crippen LogP contribution in [-0.2, 0) is 19.7 Å². The van der Waals surface area contributed by atoms with Crippen LogP contribution in [0.5, 0.6) is 5.75 Å². The number of carboxylic acids is 2. The Hall–Kier alpha value is -3.10. The molecule has 42 heavy (non-hydrogen) atoms. The molecule has 0 fully saturated rings. The Morgan fingerprint density at radius 3 is 1.43 bits per heavy atom. The van der Waals surface area contributed by atoms with Gasteiger partial charge in [0.1, 0.15) is 23.2 Å². The van der Waals surface area contributed by atoms with Gasteiger partial charge in [-0.15, -0.1) is 0 Å². The van der Waals surface area contributed by atoms with E-state index in [9.17, 15) is 57.2 Å². The fourth-order valence-corrected chi connectivity index (χ4v) is 3.46. The second-order valence-corrected chi connectivity index (χ2v) is 12.0. The zero-order valence-electron chi connectivity index (χ0n) is 21.8. The SMILES string of the molecule is CC(O)C(F)(F)F.CS(=O)(=O)c1ccc(F)c(C(=O)O)c1.C[C@H](Oc1ccc(S(C)(=O)=O)cc1C(=O)O)C(F)(F)F.S. The molecule has 1 unspecified atom stereocenters. The largest absolute Gasteiger partial charge is 0.480 e. The summed E-state index contributed by atoms with van der Waals surface area (Å²) in [5, 5.41) is 25.2. The lowest BCUT2D eigenvalue weighted by Crippen LogP contribution is -2.31. The van der Waals surface area contributed by atoms with E-state index >= 15 is 0 Å². The normalized spacial score (nSPS) is 13.1. The van der Waals surface area contributed by atoms with Crippen LogP contribution in [0.1, 0.15) is 34.6 Å². The first-order chi connectivity index (χ1) is 18.2. The molecule has 0 aromatic heterocycles. The lowest BCUT2D eigenvalue weighted by molar-refractivity contribution is -0.197. The second-order valence-electron chi connectivity index (χ2n) is 7.97. The van der Waals surface area contributed by atoms with Crippen molar-refractivity contribution in [1.82, 2.24) is 0 Å². The molecular weight excluding hydrogens is 653 g/mol. The van der Waals surface area contributed by atoms with Gasteiger partial charge in [0.2, 0.25) is 0 Å². The van der Waals surface area contributed by atoms with Gasteiger partial charge in [0.15, 0.2) is 25.8 Å². The Labute approximate surface area is 242 Å². The van der Waals surface area contributed by atoms with E-state index in [0.29, 0.717) is 6.92 Å². The Bertz CT molecular complexity index is 1450. The number of aromatic carboxylic acids is 2. The van der Waals surface area contributed by atoms with Crippen molar-refractivity contribution in [2.75, 3.05) is 12.5 Å². The third kappa shape index (κ3) is 13.7. The maximum Gasteiger partial charge on any atom is 0.425 e. The van der Waals surface area contributed by atoms with Crippen molar-refractivity contribution in [3.63, 3.8) is 0 Å². The van der Waals surface area contributed by atoms with Gasteiger partial charge in [-0.25, -0.2) is 30.8 Å². The fraction of sp³-hybridized carbons (Fsp3) is 0.364. The summed E-state index contributed by atoms with van der Waals surface area (Å²) >= 11 is 0. The maximum absolute atomic E-state index is 12.8. The summed E-state index contributed by atoms with van der Waals surface area (Å²) in [6, 6.07) is 5.28. The number of carbonyl (C=O) groups is 2. The maximum atomic E-state index is 12.8. The third-order valence-electron chi connectivity index (χ3n) is 4.44. The van der Waals surface area contributed by atoms with Crippen molar-refractivity contribution in [1.29, 1.82) is 0 Å². The van der Waals surface area contributed by atoms with Gasteiger partial charge < -0.3 is 20.1 Å². The molecule has 2 atom stereocenters. The lowest BCUT2D eigenvalue weighted by atomic mass is 10.2. The van der Waals surface area contributed by atoms with Crippen LogP contribution in [0, 0.1) is 5.82 Å². The van der Waals surface area contributed by atoms with E-state index in [4.69, 9.17) is 15.3 Å². The molecule has 0 aliphatic rings. The van der Waals surface area contributed by atoms with Gasteiger partial charge in [-0.05, 0) is 50.2 Å². The molecule has 0 saturated heterocycles. The Kier molecular flexibility index (Phi) is 15.0. The van der Waals surface area contributed by atoms with Crippen LogP contribution in [0.2, 0.25) is 0 Å². The van der Waals surface area contributed by atoms with E-state index in [1.54, 1.807) is 0 Å². The van der Waals surface area contributed by atoms with Crippen molar-refractivity contribution >= 4 is 45.1 Å². The van der Waals surface area contributed by atoms with Gasteiger partial charge in [0.05, 0.1) is 15.4 Å². The van der Waals surface area contributed by atoms with Gasteiger partial charge in [0.25, 0.3) is 0 Å². The molecule has 0 radical (unpaired) electrons. The molecule has 0 heterocycles. The molecule has 2 rings (SSSR count). The highest BCUT2D eigenvalue weighted by atomic mass is 32.2. The van der Waals surface area contributed by atoms with Crippen LogP contribution < -0.4 is 4.74 Å². The van der Waals surface area contributed by atoms with Crippen LogP contribution in [0.4, 0.5) is 30.7 Å². The van der Waals surface area contributed by atoms with E-state index in [0.717, 1.165) is 55.8 Å². The van der Waals surface area contributed by atoms with Crippen LogP contribution in [0.3, 0.4) is 0 Å². The van der Waals surface area contributed by atoms with Crippen LogP contribution in [0.25, 0.3) is 0 Å². The lowest BCUT2D eigenvalue weighted by Gasteiger charge is -2.19. The minimum Gasteiger partial charge on any atom is -0.480 e. The molecule has 0 aliphatic carbocycles. The highest BCUT2D eigenvalue weighted by molar-refractivity contribution is 7.91. The van der Waals surface area contributed by atoms with E-state index in [1.165, 1.54) is 0 Å². The predicted molar refractivity (Wildman–Crippen MR) is 137 cm³/mol. The summed E-state index contributed by atoms with van der Waals surface area (Å²) in [6.07, 6.45) is -11.7. The summed E-state index contributed by atoms with van der Waals surface area (Å²) in [5.41, 5.74) is -1.29. The number of hydrogen-bond acceptors (Lipinski definition) is 8. The van der Waals surface area contributed by atoms with E-state index in [-0.39, 0.29) is 23.3 Å². The van der Waals surface area contributed by atoms with Gasteiger partial charge in [-0.3, -0.25) is 0 Å². The first-order valence-electron chi connectivity index (χ1n) is 10.5. The molecule has 0 bridgehead atoms. The highest BCUT2D eigenvalue weighted by Crippen LogP contribution is 2.29. The zero-order valence-corrected chi connectivity index (χ0v) is 24.4. The van der Waals surface area contributed by atoms with Crippen molar-refractivity contribution in [2.45, 2.75) is 48.2 Å². The van der Waals surface area contributed by atoms with Crippen molar-refractivity contribution in [2.24, 2.45) is 0 Å². The molecular formula is C22H25F7O10S3. The van der Waals surface area contributed by atoms with Crippen LogP contribution in [0.15, 0.2) is 46.2 Å². The second kappa shape index (κ2) is 15.4. The summed E-state index contributed by atoms with van der Waals surface area (Å²) < 4.78 is 132. The monoisotopic (exact) mass is 678 g/mol. The van der Waals surface area contributed by atoms with Crippen LogP contribution in [-0.4, -0.2) is 81.2 Å². The fourth-order valence-electron chi connectivity index (χ4n) is 2.17. The molecule has 0 spiro atoms. The molecule has 2 aromatic rings. The van der Waals surface area contributed by atoms with Gasteiger partial charge in [-0.1, -0.05) is 0 Å². The molecule has 3 N–H and O–H groups in total. The van der Waals surface area contributed by atoms with E-state index in [1.807, 2.05) is 0 Å². The van der Waals surface area contributed by atoms with Crippen molar-refractivity contribution in [3.8, 4) is 5.75 Å².